The molecular weight excluding hydrogens is 360 g/mol. The molecule has 0 bridgehead atoms. The first kappa shape index (κ1) is 21.8. The first-order chi connectivity index (χ1) is 13.0. The van der Waals surface area contributed by atoms with Crippen molar-refractivity contribution in [2.75, 3.05) is 31.7 Å². The van der Waals surface area contributed by atoms with Crippen LogP contribution in [0.5, 0.6) is 0 Å². The lowest BCUT2D eigenvalue weighted by Crippen LogP contribution is -2.52. The zero-order chi connectivity index (χ0) is 19.7. The van der Waals surface area contributed by atoms with Crippen molar-refractivity contribution in [3.8, 4) is 0 Å². The molecule has 1 saturated heterocycles. The molecule has 1 fully saturated rings. The van der Waals surface area contributed by atoms with E-state index in [1.54, 1.807) is 11.8 Å². The minimum atomic E-state index is -0.444. The number of amides is 2. The van der Waals surface area contributed by atoms with E-state index in [2.05, 4.69) is 17.4 Å². The molecule has 6 heteroatoms. The number of hydrogen-bond acceptors (Lipinski definition) is 4. The Morgan fingerprint density at radius 1 is 1.26 bits per heavy atom. The Hall–Kier alpha value is -1.53. The molecule has 2 N–H and O–H groups in total. The molecule has 0 aromatic heterocycles. The Labute approximate surface area is 166 Å². The summed E-state index contributed by atoms with van der Waals surface area (Å²) in [5.74, 6) is 0.676. The van der Waals surface area contributed by atoms with Gasteiger partial charge in [-0.3, -0.25) is 9.59 Å². The van der Waals surface area contributed by atoms with Crippen LogP contribution >= 0.6 is 11.8 Å². The number of rotatable bonds is 9. The van der Waals surface area contributed by atoms with Crippen LogP contribution in [0.3, 0.4) is 0 Å². The summed E-state index contributed by atoms with van der Waals surface area (Å²) < 4.78 is 0. The Kier molecular flexibility index (Phi) is 8.64. The van der Waals surface area contributed by atoms with E-state index in [1.165, 1.54) is 12.5 Å². The van der Waals surface area contributed by atoms with E-state index in [4.69, 9.17) is 0 Å². The van der Waals surface area contributed by atoms with Gasteiger partial charge in [-0.25, -0.2) is 0 Å². The summed E-state index contributed by atoms with van der Waals surface area (Å²) in [6.45, 7) is 2.90. The lowest BCUT2D eigenvalue weighted by Gasteiger charge is -2.42. The summed E-state index contributed by atoms with van der Waals surface area (Å²) in [6.07, 6.45) is 6.12. The zero-order valence-electron chi connectivity index (χ0n) is 16.4. The predicted molar refractivity (Wildman–Crippen MR) is 111 cm³/mol. The largest absolute Gasteiger partial charge is 0.396 e. The Morgan fingerprint density at radius 3 is 2.48 bits per heavy atom. The summed E-state index contributed by atoms with van der Waals surface area (Å²) in [6, 6.07) is 9.89. The van der Waals surface area contributed by atoms with Crippen LogP contribution in [0.4, 0.5) is 0 Å². The van der Waals surface area contributed by atoms with Crippen LogP contribution in [0.15, 0.2) is 30.3 Å². The number of carbonyl (C=O) groups is 2. The molecule has 5 nitrogen and oxygen atoms in total. The fourth-order valence-electron chi connectivity index (χ4n) is 3.70. The molecule has 1 heterocycles. The summed E-state index contributed by atoms with van der Waals surface area (Å²) >= 11 is 1.67. The third kappa shape index (κ3) is 6.54. The minimum absolute atomic E-state index is 0.00819. The second kappa shape index (κ2) is 10.7. The lowest BCUT2D eigenvalue weighted by molar-refractivity contribution is -0.138. The van der Waals surface area contributed by atoms with Crippen molar-refractivity contribution in [1.82, 2.24) is 10.2 Å². The molecule has 1 aliphatic rings. The van der Waals surface area contributed by atoms with Gasteiger partial charge in [0.05, 0.1) is 0 Å². The Morgan fingerprint density at radius 2 is 1.93 bits per heavy atom. The summed E-state index contributed by atoms with van der Waals surface area (Å²) in [7, 11) is 0. The van der Waals surface area contributed by atoms with Crippen molar-refractivity contribution >= 4 is 23.6 Å². The Balaban J connectivity index is 1.92. The molecular formula is C21H32N2O3S. The van der Waals surface area contributed by atoms with E-state index >= 15 is 0 Å². The van der Waals surface area contributed by atoms with Gasteiger partial charge >= 0.3 is 0 Å². The molecule has 1 aromatic carbocycles. The maximum Gasteiger partial charge on any atom is 0.245 e. The molecule has 1 atom stereocenters. The molecule has 0 radical (unpaired) electrons. The fourth-order valence-corrected chi connectivity index (χ4v) is 4.17. The highest BCUT2D eigenvalue weighted by molar-refractivity contribution is 7.98. The van der Waals surface area contributed by atoms with Crippen molar-refractivity contribution in [2.45, 2.75) is 45.1 Å². The summed E-state index contributed by atoms with van der Waals surface area (Å²) in [4.78, 5) is 26.2. The average molecular weight is 393 g/mol. The smallest absolute Gasteiger partial charge is 0.245 e. The number of nitrogens with zero attached hydrogens (tertiary/aromatic N) is 1. The molecule has 2 amide bonds. The van der Waals surface area contributed by atoms with Gasteiger partial charge in [-0.15, -0.1) is 0 Å². The van der Waals surface area contributed by atoms with E-state index in [-0.39, 0.29) is 23.8 Å². The molecule has 0 unspecified atom stereocenters. The van der Waals surface area contributed by atoms with Gasteiger partial charge in [0.1, 0.15) is 6.04 Å². The van der Waals surface area contributed by atoms with Crippen LogP contribution < -0.4 is 5.32 Å². The monoisotopic (exact) mass is 392 g/mol. The number of piperidine rings is 1. The zero-order valence-corrected chi connectivity index (χ0v) is 17.3. The first-order valence-corrected chi connectivity index (χ1v) is 11.1. The van der Waals surface area contributed by atoms with Crippen LogP contribution in [-0.4, -0.2) is 59.6 Å². The van der Waals surface area contributed by atoms with Crippen LogP contribution in [0.2, 0.25) is 0 Å². The van der Waals surface area contributed by atoms with E-state index in [9.17, 15) is 14.7 Å². The number of nitrogens with one attached hydrogen (secondary N) is 1. The first-order valence-electron chi connectivity index (χ1n) is 9.69. The number of aliphatic hydroxyl groups is 1. The quantitative estimate of drug-likeness (QED) is 0.677. The molecule has 1 aliphatic heterocycles. The van der Waals surface area contributed by atoms with Gasteiger partial charge in [0.15, 0.2) is 0 Å². The van der Waals surface area contributed by atoms with Crippen molar-refractivity contribution in [1.29, 1.82) is 0 Å². The molecule has 0 aliphatic carbocycles. The second-order valence-corrected chi connectivity index (χ2v) is 8.49. The van der Waals surface area contributed by atoms with Gasteiger partial charge in [0.25, 0.3) is 0 Å². The van der Waals surface area contributed by atoms with E-state index in [1.807, 2.05) is 29.4 Å². The molecule has 2 rings (SSSR count). The van der Waals surface area contributed by atoms with Crippen molar-refractivity contribution in [3.63, 3.8) is 0 Å². The maximum absolute atomic E-state index is 12.9. The molecule has 0 spiro atoms. The highest BCUT2D eigenvalue weighted by Gasteiger charge is 2.36. The van der Waals surface area contributed by atoms with Gasteiger partial charge in [-0.05, 0) is 55.1 Å². The predicted octanol–water partition coefficient (Wildman–Crippen LogP) is 2.48. The van der Waals surface area contributed by atoms with E-state index < -0.39 is 6.04 Å². The molecule has 0 saturated carbocycles. The maximum atomic E-state index is 12.9. The average Bonchev–Trinajstić information content (AvgIpc) is 2.70. The number of carbonyl (C=O) groups excluding carboxylic acids is 2. The third-order valence-corrected chi connectivity index (χ3v) is 6.19. The van der Waals surface area contributed by atoms with Gasteiger partial charge < -0.3 is 15.3 Å². The summed E-state index contributed by atoms with van der Waals surface area (Å²) in [5, 5.41) is 12.8. The number of aryl methyl sites for hydroxylation is 1. The minimum Gasteiger partial charge on any atom is -0.396 e. The molecule has 150 valence electrons. The second-order valence-electron chi connectivity index (χ2n) is 7.50. The van der Waals surface area contributed by atoms with Gasteiger partial charge in [-0.2, -0.15) is 11.8 Å². The SMILES string of the molecule is CSCC[C@H](NC(C)=O)C(=O)N1CCC(CO)(CCc2ccccc2)CC1. The molecule has 1 aromatic rings. The fraction of sp³-hybridized carbons (Fsp3) is 0.619. The van der Waals surface area contributed by atoms with Crippen molar-refractivity contribution in [2.24, 2.45) is 5.41 Å². The highest BCUT2D eigenvalue weighted by Crippen LogP contribution is 2.36. The van der Waals surface area contributed by atoms with Crippen LogP contribution in [0, 0.1) is 5.41 Å². The van der Waals surface area contributed by atoms with Crippen LogP contribution in [0.25, 0.3) is 0 Å². The number of likely N-dealkylation sites (tertiary alicyclic amines) is 1. The lowest BCUT2D eigenvalue weighted by atomic mass is 9.74. The number of thioether (sulfide) groups is 1. The van der Waals surface area contributed by atoms with Crippen LogP contribution in [-0.2, 0) is 16.0 Å². The van der Waals surface area contributed by atoms with E-state index in [0.29, 0.717) is 19.5 Å². The third-order valence-electron chi connectivity index (χ3n) is 5.54. The number of hydrogen-bond donors (Lipinski definition) is 2. The van der Waals surface area contributed by atoms with Gasteiger partial charge in [-0.1, -0.05) is 30.3 Å². The van der Waals surface area contributed by atoms with Crippen LogP contribution in [0.1, 0.15) is 38.2 Å². The Bertz CT molecular complexity index is 601. The van der Waals surface area contributed by atoms with Gasteiger partial charge in [0.2, 0.25) is 11.8 Å². The summed E-state index contributed by atoms with van der Waals surface area (Å²) in [5.41, 5.74) is 1.17. The number of aliphatic hydroxyl groups excluding tert-OH is 1. The van der Waals surface area contributed by atoms with Crippen molar-refractivity contribution in [3.05, 3.63) is 35.9 Å². The van der Waals surface area contributed by atoms with Crippen molar-refractivity contribution < 1.29 is 14.7 Å². The standard InChI is InChI=1S/C21H32N2O3S/c1-17(25)22-19(9-15-27-2)20(26)23-13-11-21(16-24,12-14-23)10-8-18-6-4-3-5-7-18/h3-7,19,24H,8-16H2,1-2H3,(H,22,25)/t19-/m0/s1. The highest BCUT2D eigenvalue weighted by atomic mass is 32.2. The van der Waals surface area contributed by atoms with Gasteiger partial charge in [0, 0.05) is 26.6 Å². The normalized spacial score (nSPS) is 17.4. The topological polar surface area (TPSA) is 69.6 Å². The van der Waals surface area contributed by atoms with E-state index in [0.717, 1.165) is 31.4 Å². The number of benzene rings is 1. The molecule has 27 heavy (non-hydrogen) atoms.